The molecule has 0 saturated heterocycles. The molecule has 0 aromatic carbocycles. The number of rotatable bonds is 7. The van der Waals surface area contributed by atoms with E-state index in [0.29, 0.717) is 17.4 Å². The van der Waals surface area contributed by atoms with Gasteiger partial charge >= 0.3 is 0 Å². The summed E-state index contributed by atoms with van der Waals surface area (Å²) in [6.45, 7) is 2.86. The standard InChI is InChI=1S/C18H20F2N6O2S/c1-10(22-16(27)13-8-14(18(2,19)20)24-26(13)3)17-23-15(25-29-17)11-5-6-21-12(7-11)9-28-4/h5-8,10H,9H2,1-4H3,(H,22,27)/t10-/m0/s1. The minimum Gasteiger partial charge on any atom is -0.378 e. The minimum atomic E-state index is -3.12. The number of nitrogens with one attached hydrogen (secondary N) is 1. The SMILES string of the molecule is COCc1cc(-c2nsc([C@H](C)NC(=O)c3cc(C(C)(F)F)nn3C)n2)ccn1. The third-order valence-electron chi connectivity index (χ3n) is 4.09. The number of halogens is 2. The number of hydrogen-bond acceptors (Lipinski definition) is 7. The van der Waals surface area contributed by atoms with E-state index in [0.717, 1.165) is 40.5 Å². The lowest BCUT2D eigenvalue weighted by atomic mass is 10.2. The minimum absolute atomic E-state index is 0.0384. The van der Waals surface area contributed by atoms with Gasteiger partial charge in [-0.1, -0.05) is 0 Å². The van der Waals surface area contributed by atoms with Crippen LogP contribution in [-0.4, -0.2) is 37.1 Å². The second kappa shape index (κ2) is 8.29. The highest BCUT2D eigenvalue weighted by molar-refractivity contribution is 7.05. The van der Waals surface area contributed by atoms with Crippen LogP contribution < -0.4 is 5.32 Å². The second-order valence-electron chi connectivity index (χ2n) is 6.55. The summed E-state index contributed by atoms with van der Waals surface area (Å²) < 4.78 is 37.4. The van der Waals surface area contributed by atoms with Crippen molar-refractivity contribution in [2.45, 2.75) is 32.4 Å². The first-order chi connectivity index (χ1) is 13.7. The quantitative estimate of drug-likeness (QED) is 0.629. The maximum atomic E-state index is 13.4. The Morgan fingerprint density at radius 1 is 1.41 bits per heavy atom. The molecule has 3 heterocycles. The first kappa shape index (κ1) is 20.9. The van der Waals surface area contributed by atoms with E-state index in [-0.39, 0.29) is 5.69 Å². The van der Waals surface area contributed by atoms with Crippen LogP contribution in [0.3, 0.4) is 0 Å². The molecule has 0 aliphatic heterocycles. The summed E-state index contributed by atoms with van der Waals surface area (Å²) in [5.41, 5.74) is 1.12. The molecule has 3 aromatic rings. The lowest BCUT2D eigenvalue weighted by molar-refractivity contribution is 0.0122. The van der Waals surface area contributed by atoms with Gasteiger partial charge in [-0.15, -0.1) is 0 Å². The van der Waals surface area contributed by atoms with Gasteiger partial charge in [0.1, 0.15) is 16.4 Å². The van der Waals surface area contributed by atoms with Crippen LogP contribution in [0.4, 0.5) is 8.78 Å². The van der Waals surface area contributed by atoms with Crippen LogP contribution in [0.15, 0.2) is 24.4 Å². The molecule has 8 nitrogen and oxygen atoms in total. The molecule has 1 N–H and O–H groups in total. The van der Waals surface area contributed by atoms with Gasteiger partial charge in [0.25, 0.3) is 11.8 Å². The fourth-order valence-corrected chi connectivity index (χ4v) is 3.27. The molecular weight excluding hydrogens is 402 g/mol. The van der Waals surface area contributed by atoms with E-state index in [1.165, 1.54) is 7.05 Å². The smallest absolute Gasteiger partial charge is 0.288 e. The van der Waals surface area contributed by atoms with Crippen molar-refractivity contribution in [2.75, 3.05) is 7.11 Å². The number of carbonyl (C=O) groups is 1. The van der Waals surface area contributed by atoms with Crippen molar-refractivity contribution < 1.29 is 18.3 Å². The largest absolute Gasteiger partial charge is 0.378 e. The number of carbonyl (C=O) groups excluding carboxylic acids is 1. The molecule has 29 heavy (non-hydrogen) atoms. The Bertz CT molecular complexity index is 1010. The first-order valence-electron chi connectivity index (χ1n) is 8.70. The molecule has 3 rings (SSSR count). The highest BCUT2D eigenvalue weighted by Crippen LogP contribution is 2.26. The summed E-state index contributed by atoms with van der Waals surface area (Å²) >= 11 is 1.15. The maximum Gasteiger partial charge on any atom is 0.288 e. The van der Waals surface area contributed by atoms with Gasteiger partial charge in [-0.05, 0) is 36.7 Å². The fraction of sp³-hybridized carbons (Fsp3) is 0.389. The fourth-order valence-electron chi connectivity index (χ4n) is 2.60. The molecule has 0 saturated carbocycles. The van der Waals surface area contributed by atoms with Gasteiger partial charge in [-0.25, -0.2) is 4.98 Å². The van der Waals surface area contributed by atoms with E-state index >= 15 is 0 Å². The predicted octanol–water partition coefficient (Wildman–Crippen LogP) is 3.08. The Morgan fingerprint density at radius 2 is 2.17 bits per heavy atom. The van der Waals surface area contributed by atoms with E-state index in [9.17, 15) is 13.6 Å². The number of hydrogen-bond donors (Lipinski definition) is 1. The van der Waals surface area contributed by atoms with Crippen LogP contribution in [-0.2, 0) is 24.3 Å². The predicted molar refractivity (Wildman–Crippen MR) is 103 cm³/mol. The third kappa shape index (κ3) is 4.80. The van der Waals surface area contributed by atoms with Gasteiger partial charge in [0.15, 0.2) is 5.82 Å². The van der Waals surface area contributed by atoms with Gasteiger partial charge in [0, 0.05) is 32.8 Å². The third-order valence-corrected chi connectivity index (χ3v) is 4.99. The van der Waals surface area contributed by atoms with Gasteiger partial charge in [-0.3, -0.25) is 14.5 Å². The van der Waals surface area contributed by atoms with Crippen molar-refractivity contribution in [2.24, 2.45) is 7.05 Å². The van der Waals surface area contributed by atoms with Crippen LogP contribution in [0.25, 0.3) is 11.4 Å². The van der Waals surface area contributed by atoms with Gasteiger partial charge in [0.05, 0.1) is 18.3 Å². The summed E-state index contributed by atoms with van der Waals surface area (Å²) in [4.78, 5) is 21.2. The number of aryl methyl sites for hydroxylation is 1. The van der Waals surface area contributed by atoms with Crippen LogP contribution in [0, 0.1) is 0 Å². The van der Waals surface area contributed by atoms with Crippen molar-refractivity contribution in [1.29, 1.82) is 0 Å². The second-order valence-corrected chi connectivity index (χ2v) is 7.33. The Balaban J connectivity index is 1.74. The van der Waals surface area contributed by atoms with Crippen molar-refractivity contribution in [1.82, 2.24) is 29.4 Å². The van der Waals surface area contributed by atoms with E-state index < -0.39 is 23.6 Å². The summed E-state index contributed by atoms with van der Waals surface area (Å²) in [7, 11) is 3.03. The lowest BCUT2D eigenvalue weighted by Gasteiger charge is -2.10. The Hall–Kier alpha value is -2.79. The van der Waals surface area contributed by atoms with Crippen molar-refractivity contribution in [3.63, 3.8) is 0 Å². The number of pyridine rings is 1. The molecule has 154 valence electrons. The molecule has 0 radical (unpaired) electrons. The number of methoxy groups -OCH3 is 1. The van der Waals surface area contributed by atoms with Gasteiger partial charge in [0.2, 0.25) is 0 Å². The molecule has 0 fully saturated rings. The number of amides is 1. The van der Waals surface area contributed by atoms with Gasteiger partial charge < -0.3 is 10.1 Å². The number of ether oxygens (including phenoxy) is 1. The molecule has 0 unspecified atom stereocenters. The highest BCUT2D eigenvalue weighted by atomic mass is 32.1. The molecular formula is C18H20F2N6O2S. The summed E-state index contributed by atoms with van der Waals surface area (Å²) in [6.07, 6.45) is 1.65. The van der Waals surface area contributed by atoms with E-state index in [2.05, 4.69) is 24.8 Å². The monoisotopic (exact) mass is 422 g/mol. The molecule has 0 spiro atoms. The van der Waals surface area contributed by atoms with Crippen LogP contribution in [0.1, 0.15) is 46.8 Å². The van der Waals surface area contributed by atoms with Crippen LogP contribution in [0.2, 0.25) is 0 Å². The molecule has 0 aliphatic rings. The highest BCUT2D eigenvalue weighted by Gasteiger charge is 2.30. The normalized spacial score (nSPS) is 12.8. The zero-order valence-electron chi connectivity index (χ0n) is 16.3. The lowest BCUT2D eigenvalue weighted by Crippen LogP contribution is -2.28. The van der Waals surface area contributed by atoms with Gasteiger partial charge in [-0.2, -0.15) is 18.3 Å². The Kier molecular flexibility index (Phi) is 5.99. The van der Waals surface area contributed by atoms with E-state index in [1.807, 2.05) is 6.07 Å². The molecule has 1 amide bonds. The topological polar surface area (TPSA) is 94.8 Å². The summed E-state index contributed by atoms with van der Waals surface area (Å²) in [6, 6.07) is 4.24. The number of aromatic nitrogens is 5. The first-order valence-corrected chi connectivity index (χ1v) is 9.47. The van der Waals surface area contributed by atoms with Crippen molar-refractivity contribution in [3.8, 4) is 11.4 Å². The average Bonchev–Trinajstić information content (AvgIpc) is 3.29. The van der Waals surface area contributed by atoms with Crippen LogP contribution >= 0.6 is 11.5 Å². The average molecular weight is 422 g/mol. The Morgan fingerprint density at radius 3 is 2.83 bits per heavy atom. The zero-order valence-corrected chi connectivity index (χ0v) is 17.1. The molecule has 11 heteroatoms. The van der Waals surface area contributed by atoms with Crippen molar-refractivity contribution >= 4 is 17.4 Å². The Labute approximate surface area is 170 Å². The van der Waals surface area contributed by atoms with Crippen molar-refractivity contribution in [3.05, 3.63) is 46.5 Å². The molecule has 0 bridgehead atoms. The summed E-state index contributed by atoms with van der Waals surface area (Å²) in [5, 5.41) is 7.04. The van der Waals surface area contributed by atoms with Crippen LogP contribution in [0.5, 0.6) is 0 Å². The molecule has 3 aromatic heterocycles. The van der Waals surface area contributed by atoms with E-state index in [1.54, 1.807) is 26.3 Å². The number of nitrogens with zero attached hydrogens (tertiary/aromatic N) is 5. The maximum absolute atomic E-state index is 13.4. The zero-order chi connectivity index (χ0) is 21.2. The summed E-state index contributed by atoms with van der Waals surface area (Å²) in [5.74, 6) is -3.13. The molecule has 0 aliphatic carbocycles. The number of alkyl halides is 2. The van der Waals surface area contributed by atoms with E-state index in [4.69, 9.17) is 4.74 Å². The molecule has 1 atom stereocenters.